The van der Waals surface area contributed by atoms with E-state index in [9.17, 15) is 14.4 Å². The summed E-state index contributed by atoms with van der Waals surface area (Å²) in [7, 11) is 0. The maximum atomic E-state index is 12.7. The maximum Gasteiger partial charge on any atom is 0.287 e. The summed E-state index contributed by atoms with van der Waals surface area (Å²) in [5.41, 5.74) is 8.13. The van der Waals surface area contributed by atoms with Crippen LogP contribution in [0.2, 0.25) is 0 Å². The molecule has 0 aliphatic heterocycles. The molecule has 0 aliphatic carbocycles. The fourth-order valence-corrected chi connectivity index (χ4v) is 3.12. The second-order valence-electron chi connectivity index (χ2n) is 5.52. The molecule has 0 bridgehead atoms. The summed E-state index contributed by atoms with van der Waals surface area (Å²) in [6.07, 6.45) is 3.20. The van der Waals surface area contributed by atoms with Crippen molar-refractivity contribution in [1.29, 1.82) is 0 Å². The van der Waals surface area contributed by atoms with Crippen molar-refractivity contribution in [3.63, 3.8) is 0 Å². The molecule has 0 fully saturated rings. The minimum Gasteiger partial charge on any atom is -0.363 e. The van der Waals surface area contributed by atoms with Crippen LogP contribution in [0.5, 0.6) is 0 Å². The Morgan fingerprint density at radius 1 is 1.04 bits per heavy atom. The average Bonchev–Trinajstić information content (AvgIpc) is 3.18. The first-order valence-electron chi connectivity index (χ1n) is 7.95. The molecular formula is C18H15N5O3S. The third kappa shape index (κ3) is 4.39. The number of thiazole rings is 1. The van der Waals surface area contributed by atoms with Gasteiger partial charge < -0.3 is 11.1 Å². The van der Waals surface area contributed by atoms with E-state index in [1.54, 1.807) is 48.8 Å². The molecule has 3 heterocycles. The molecule has 27 heavy (non-hydrogen) atoms. The van der Waals surface area contributed by atoms with Crippen molar-refractivity contribution in [1.82, 2.24) is 20.3 Å². The molecule has 0 saturated carbocycles. The quantitative estimate of drug-likeness (QED) is 0.588. The topological polar surface area (TPSA) is 128 Å². The van der Waals surface area contributed by atoms with Gasteiger partial charge in [-0.25, -0.2) is 4.98 Å². The molecule has 2 amide bonds. The fourth-order valence-electron chi connectivity index (χ4n) is 2.43. The minimum atomic E-state index is -1.12. The van der Waals surface area contributed by atoms with Crippen molar-refractivity contribution < 1.29 is 14.4 Å². The standard InChI is InChI=1S/C18H15N5O3S/c19-17(25)15(24)13(9-11-5-1-3-7-20-11)23-18(26)16-14(22-10-27-16)12-6-2-4-8-21-12/h1-8,10,13H,9H2,(H2,19,25)(H,23,26). The zero-order valence-corrected chi connectivity index (χ0v) is 14.8. The van der Waals surface area contributed by atoms with Gasteiger partial charge >= 0.3 is 0 Å². The Labute approximate surface area is 158 Å². The van der Waals surface area contributed by atoms with Crippen molar-refractivity contribution in [2.45, 2.75) is 12.5 Å². The van der Waals surface area contributed by atoms with E-state index >= 15 is 0 Å². The monoisotopic (exact) mass is 381 g/mol. The Hall–Kier alpha value is -3.46. The van der Waals surface area contributed by atoms with Crippen LogP contribution in [0.4, 0.5) is 0 Å². The lowest BCUT2D eigenvalue weighted by molar-refractivity contribution is -0.137. The van der Waals surface area contributed by atoms with Crippen molar-refractivity contribution >= 4 is 28.9 Å². The SMILES string of the molecule is NC(=O)C(=O)C(Cc1ccccn1)NC(=O)c1scnc1-c1ccccn1. The number of carbonyl (C=O) groups is 3. The summed E-state index contributed by atoms with van der Waals surface area (Å²) < 4.78 is 0. The number of pyridine rings is 2. The molecule has 0 radical (unpaired) electrons. The molecule has 3 aromatic rings. The van der Waals surface area contributed by atoms with Crippen LogP contribution in [0.1, 0.15) is 15.4 Å². The number of aromatic nitrogens is 3. The van der Waals surface area contributed by atoms with Gasteiger partial charge in [-0.1, -0.05) is 12.1 Å². The lowest BCUT2D eigenvalue weighted by atomic mass is 10.1. The van der Waals surface area contributed by atoms with Crippen molar-refractivity contribution in [3.8, 4) is 11.4 Å². The molecule has 0 aliphatic rings. The smallest absolute Gasteiger partial charge is 0.287 e. The summed E-state index contributed by atoms with van der Waals surface area (Å²) in [5, 5.41) is 2.57. The van der Waals surface area contributed by atoms with E-state index in [-0.39, 0.29) is 11.3 Å². The predicted octanol–water partition coefficient (Wildman–Crippen LogP) is 0.996. The first-order chi connectivity index (χ1) is 13.1. The highest BCUT2D eigenvalue weighted by atomic mass is 32.1. The minimum absolute atomic E-state index is 0.0477. The molecule has 1 unspecified atom stereocenters. The molecule has 0 aromatic carbocycles. The van der Waals surface area contributed by atoms with Gasteiger partial charge in [-0.2, -0.15) is 0 Å². The van der Waals surface area contributed by atoms with E-state index in [2.05, 4.69) is 20.3 Å². The van der Waals surface area contributed by atoms with Gasteiger partial charge in [-0.05, 0) is 24.3 Å². The van der Waals surface area contributed by atoms with Gasteiger partial charge in [0.2, 0.25) is 5.78 Å². The first kappa shape index (κ1) is 18.3. The van der Waals surface area contributed by atoms with Crippen LogP contribution in [0.15, 0.2) is 54.3 Å². The fraction of sp³-hybridized carbons (Fsp3) is 0.111. The van der Waals surface area contributed by atoms with Gasteiger partial charge in [0.15, 0.2) is 0 Å². The number of carbonyl (C=O) groups excluding carboxylic acids is 3. The third-order valence-corrected chi connectivity index (χ3v) is 4.51. The molecule has 3 rings (SSSR count). The number of hydrogen-bond acceptors (Lipinski definition) is 7. The summed E-state index contributed by atoms with van der Waals surface area (Å²) in [6.45, 7) is 0. The van der Waals surface area contributed by atoms with Crippen LogP contribution >= 0.6 is 11.3 Å². The van der Waals surface area contributed by atoms with Crippen LogP contribution in [-0.2, 0) is 16.0 Å². The number of rotatable bonds is 7. The van der Waals surface area contributed by atoms with Gasteiger partial charge in [0.25, 0.3) is 11.8 Å². The predicted molar refractivity (Wildman–Crippen MR) is 98.7 cm³/mol. The molecule has 8 nitrogen and oxygen atoms in total. The second-order valence-corrected chi connectivity index (χ2v) is 6.38. The van der Waals surface area contributed by atoms with Crippen LogP contribution < -0.4 is 11.1 Å². The third-order valence-electron chi connectivity index (χ3n) is 3.69. The zero-order chi connectivity index (χ0) is 19.2. The first-order valence-corrected chi connectivity index (χ1v) is 8.83. The highest BCUT2D eigenvalue weighted by molar-refractivity contribution is 7.12. The highest BCUT2D eigenvalue weighted by Crippen LogP contribution is 2.23. The average molecular weight is 381 g/mol. The summed E-state index contributed by atoms with van der Waals surface area (Å²) in [5.74, 6) is -2.54. The Bertz CT molecular complexity index is 959. The molecule has 0 spiro atoms. The van der Waals surface area contributed by atoms with E-state index < -0.39 is 23.6 Å². The van der Waals surface area contributed by atoms with E-state index in [1.165, 1.54) is 5.51 Å². The van der Waals surface area contributed by atoms with Crippen LogP contribution in [-0.4, -0.2) is 38.6 Å². The summed E-state index contributed by atoms with van der Waals surface area (Å²) in [4.78, 5) is 49.1. The molecule has 9 heteroatoms. The zero-order valence-electron chi connectivity index (χ0n) is 14.0. The van der Waals surface area contributed by atoms with Crippen molar-refractivity contribution in [2.24, 2.45) is 5.73 Å². The van der Waals surface area contributed by atoms with Crippen LogP contribution in [0, 0.1) is 0 Å². The number of nitrogens with zero attached hydrogens (tertiary/aromatic N) is 3. The maximum absolute atomic E-state index is 12.7. The van der Waals surface area contributed by atoms with Gasteiger partial charge in [-0.15, -0.1) is 11.3 Å². The molecule has 0 saturated heterocycles. The summed E-state index contributed by atoms with van der Waals surface area (Å²) >= 11 is 1.11. The van der Waals surface area contributed by atoms with Crippen molar-refractivity contribution in [3.05, 3.63) is 64.9 Å². The second kappa shape index (κ2) is 8.28. The molecule has 3 N–H and O–H groups in total. The van der Waals surface area contributed by atoms with Crippen LogP contribution in [0.3, 0.4) is 0 Å². The number of primary amides is 1. The lowest BCUT2D eigenvalue weighted by Gasteiger charge is -2.15. The van der Waals surface area contributed by atoms with Gasteiger partial charge in [0.1, 0.15) is 16.6 Å². The van der Waals surface area contributed by atoms with Crippen LogP contribution in [0.25, 0.3) is 11.4 Å². The molecule has 136 valence electrons. The van der Waals surface area contributed by atoms with E-state index in [4.69, 9.17) is 5.73 Å². The van der Waals surface area contributed by atoms with Crippen molar-refractivity contribution in [2.75, 3.05) is 0 Å². The van der Waals surface area contributed by atoms with Gasteiger partial charge in [0.05, 0.1) is 11.2 Å². The number of ketones is 1. The van der Waals surface area contributed by atoms with E-state index in [0.717, 1.165) is 11.3 Å². The summed E-state index contributed by atoms with van der Waals surface area (Å²) in [6, 6.07) is 9.31. The molecule has 1 atom stereocenters. The number of amides is 2. The lowest BCUT2D eigenvalue weighted by Crippen LogP contribution is -2.47. The van der Waals surface area contributed by atoms with Gasteiger partial charge in [-0.3, -0.25) is 24.4 Å². The van der Waals surface area contributed by atoms with Gasteiger partial charge in [0, 0.05) is 24.5 Å². The molecular weight excluding hydrogens is 366 g/mol. The number of nitrogens with two attached hydrogens (primary N) is 1. The number of hydrogen-bond donors (Lipinski definition) is 2. The Kier molecular flexibility index (Phi) is 5.62. The Morgan fingerprint density at radius 3 is 2.41 bits per heavy atom. The number of nitrogens with one attached hydrogen (secondary N) is 1. The Morgan fingerprint density at radius 2 is 1.78 bits per heavy atom. The largest absolute Gasteiger partial charge is 0.363 e. The Balaban J connectivity index is 1.84. The van der Waals surface area contributed by atoms with E-state index in [0.29, 0.717) is 17.1 Å². The normalized spacial score (nSPS) is 11.6. The molecule has 3 aromatic heterocycles. The van der Waals surface area contributed by atoms with E-state index in [1.807, 2.05) is 0 Å². The number of Topliss-reactive ketones (excluding diaryl/α,β-unsaturated/α-hetero) is 1. The highest BCUT2D eigenvalue weighted by Gasteiger charge is 2.28.